The molecule has 3 heterocycles. The number of hydrogen-bond donors (Lipinski definition) is 1. The van der Waals surface area contributed by atoms with E-state index in [2.05, 4.69) is 13.2 Å². The molecule has 33 heavy (non-hydrogen) atoms. The lowest BCUT2D eigenvalue weighted by Crippen LogP contribution is -2.60. The average molecular weight is 479 g/mol. The molecule has 6 atom stereocenters. The lowest BCUT2D eigenvalue weighted by Gasteiger charge is -2.43. The Kier molecular flexibility index (Phi) is 7.68. The molecule has 0 radical (unpaired) electrons. The summed E-state index contributed by atoms with van der Waals surface area (Å²) in [6.07, 6.45) is 5.92. The average Bonchev–Trinajstić information content (AvgIpc) is 3.40. The highest BCUT2D eigenvalue weighted by atomic mass is 32.2. The first-order chi connectivity index (χ1) is 15.6. The second-order valence-corrected chi connectivity index (χ2v) is 11.8. The van der Waals surface area contributed by atoms with Crippen LogP contribution in [-0.4, -0.2) is 80.1 Å². The van der Waals surface area contributed by atoms with E-state index in [9.17, 15) is 19.5 Å². The molecule has 0 aromatic rings. The number of carbonyl (C=O) groups is 3. The first kappa shape index (κ1) is 25.8. The van der Waals surface area contributed by atoms with E-state index in [4.69, 9.17) is 4.74 Å². The zero-order valence-corrected chi connectivity index (χ0v) is 21.1. The number of thioether (sulfide) groups is 1. The maximum absolute atomic E-state index is 14.1. The minimum atomic E-state index is -0.729. The Morgan fingerprint density at radius 1 is 1.36 bits per heavy atom. The van der Waals surface area contributed by atoms with Gasteiger partial charge in [0.1, 0.15) is 6.04 Å². The number of ether oxygens (including phenoxy) is 1. The third-order valence-corrected chi connectivity index (χ3v) is 9.23. The fraction of sp³-hybridized carbons (Fsp3) is 0.720. The summed E-state index contributed by atoms with van der Waals surface area (Å²) < 4.78 is 4.82. The van der Waals surface area contributed by atoms with Crippen molar-refractivity contribution in [3.8, 4) is 0 Å². The minimum absolute atomic E-state index is 0.0377. The minimum Gasteiger partial charge on any atom is -0.465 e. The molecule has 3 saturated heterocycles. The smallest absolute Gasteiger partial charge is 0.310 e. The fourth-order valence-electron chi connectivity index (χ4n) is 5.76. The summed E-state index contributed by atoms with van der Waals surface area (Å²) in [6, 6.07) is -1.21. The van der Waals surface area contributed by atoms with E-state index in [1.807, 2.05) is 27.7 Å². The van der Waals surface area contributed by atoms with Crippen LogP contribution in [0.25, 0.3) is 0 Å². The van der Waals surface area contributed by atoms with Crippen LogP contribution in [0.4, 0.5) is 0 Å². The number of hydrogen-bond acceptors (Lipinski definition) is 6. The Morgan fingerprint density at radius 3 is 2.61 bits per heavy atom. The predicted octanol–water partition coefficient (Wildman–Crippen LogP) is 2.78. The van der Waals surface area contributed by atoms with Crippen molar-refractivity contribution < 1.29 is 24.2 Å². The van der Waals surface area contributed by atoms with E-state index in [0.29, 0.717) is 25.8 Å². The standard InChI is InChI=1S/C25H38N2O5S/c1-7-10-14-32-23(31)18-17-11-12-25(33-17)19(18)21(29)27(16(9-3)15-28)20(25)22(30)26(13-8-2)24(4,5)6/h7-8,16-20,28H,1-2,9-15H2,3-6H3/t16-,17+,18-,19-,20?,25?/m0/s1. The van der Waals surface area contributed by atoms with Gasteiger partial charge in [0.05, 0.1) is 35.8 Å². The Labute approximate surface area is 201 Å². The molecule has 2 bridgehead atoms. The van der Waals surface area contributed by atoms with Crippen LogP contribution < -0.4 is 0 Å². The van der Waals surface area contributed by atoms with Gasteiger partial charge in [-0.25, -0.2) is 0 Å². The molecule has 3 fully saturated rings. The summed E-state index contributed by atoms with van der Waals surface area (Å²) in [5.74, 6) is -1.89. The monoisotopic (exact) mass is 478 g/mol. The number of likely N-dealkylation sites (tertiary alicyclic amines) is 1. The molecular formula is C25H38N2O5S. The first-order valence-electron chi connectivity index (χ1n) is 11.9. The molecule has 184 valence electrons. The van der Waals surface area contributed by atoms with Crippen molar-refractivity contribution in [1.29, 1.82) is 0 Å². The molecule has 3 rings (SSSR count). The van der Waals surface area contributed by atoms with Gasteiger partial charge < -0.3 is 19.6 Å². The van der Waals surface area contributed by atoms with Crippen LogP contribution in [0, 0.1) is 11.8 Å². The van der Waals surface area contributed by atoms with Crippen molar-refractivity contribution in [2.75, 3.05) is 19.8 Å². The molecule has 1 spiro atoms. The molecule has 0 aliphatic carbocycles. The van der Waals surface area contributed by atoms with Gasteiger partial charge in [-0.1, -0.05) is 19.1 Å². The van der Waals surface area contributed by atoms with Crippen LogP contribution in [0.3, 0.4) is 0 Å². The summed E-state index contributed by atoms with van der Waals surface area (Å²) in [5.41, 5.74) is -0.472. The predicted molar refractivity (Wildman–Crippen MR) is 130 cm³/mol. The zero-order chi connectivity index (χ0) is 24.6. The Bertz CT molecular complexity index is 805. The molecule has 8 heteroatoms. The van der Waals surface area contributed by atoms with Crippen molar-refractivity contribution in [1.82, 2.24) is 9.80 Å². The first-order valence-corrected chi connectivity index (χ1v) is 12.8. The summed E-state index contributed by atoms with van der Waals surface area (Å²) in [7, 11) is 0. The second-order valence-electron chi connectivity index (χ2n) is 10.2. The van der Waals surface area contributed by atoms with Crippen LogP contribution in [0.2, 0.25) is 0 Å². The van der Waals surface area contributed by atoms with Crippen LogP contribution in [0.1, 0.15) is 53.4 Å². The van der Waals surface area contributed by atoms with Crippen molar-refractivity contribution >= 4 is 29.5 Å². The number of nitrogens with zero attached hydrogens (tertiary/aromatic N) is 2. The van der Waals surface area contributed by atoms with E-state index >= 15 is 0 Å². The van der Waals surface area contributed by atoms with Gasteiger partial charge in [-0.05, 0) is 46.5 Å². The van der Waals surface area contributed by atoms with Crippen LogP contribution in [0.15, 0.2) is 25.3 Å². The number of amides is 2. The highest BCUT2D eigenvalue weighted by Gasteiger charge is 2.74. The quantitative estimate of drug-likeness (QED) is 0.295. The Balaban J connectivity index is 2.05. The van der Waals surface area contributed by atoms with Crippen molar-refractivity contribution in [3.63, 3.8) is 0 Å². The van der Waals surface area contributed by atoms with E-state index in [1.165, 1.54) is 0 Å². The maximum Gasteiger partial charge on any atom is 0.310 e. The maximum atomic E-state index is 14.1. The fourth-order valence-corrected chi connectivity index (χ4v) is 7.94. The van der Waals surface area contributed by atoms with Gasteiger partial charge in [-0.3, -0.25) is 14.4 Å². The Morgan fingerprint density at radius 2 is 2.06 bits per heavy atom. The van der Waals surface area contributed by atoms with Gasteiger partial charge in [0.15, 0.2) is 0 Å². The summed E-state index contributed by atoms with van der Waals surface area (Å²) in [4.78, 5) is 44.5. The Hall–Kier alpha value is -1.80. The lowest BCUT2D eigenvalue weighted by atomic mass is 9.71. The molecule has 0 saturated carbocycles. The molecule has 1 N–H and O–H groups in total. The van der Waals surface area contributed by atoms with Crippen LogP contribution >= 0.6 is 11.8 Å². The molecule has 7 nitrogen and oxygen atoms in total. The number of rotatable bonds is 10. The summed E-state index contributed by atoms with van der Waals surface area (Å²) in [5, 5.41) is 10.1. The normalized spacial score (nSPS) is 31.3. The lowest BCUT2D eigenvalue weighted by molar-refractivity contribution is -0.154. The van der Waals surface area contributed by atoms with E-state index < -0.39 is 34.2 Å². The molecule has 2 amide bonds. The number of fused-ring (bicyclic) bond motifs is 1. The third kappa shape index (κ3) is 4.25. The van der Waals surface area contributed by atoms with Gasteiger partial charge >= 0.3 is 5.97 Å². The van der Waals surface area contributed by atoms with Gasteiger partial charge in [0.25, 0.3) is 0 Å². The van der Waals surface area contributed by atoms with Crippen LogP contribution in [0.5, 0.6) is 0 Å². The molecule has 0 aromatic carbocycles. The SMILES string of the molecule is C=CCCOC(=O)[C@@H]1[C@H]2C(=O)N([C@@H](CC)CO)C(C(=O)N(CC=C)C(C)(C)C)C23CC[C@H]1S3. The summed E-state index contributed by atoms with van der Waals surface area (Å²) in [6.45, 7) is 15.6. The largest absolute Gasteiger partial charge is 0.465 e. The number of aliphatic hydroxyl groups is 1. The second kappa shape index (κ2) is 9.82. The van der Waals surface area contributed by atoms with E-state index in [-0.39, 0.29) is 36.2 Å². The number of esters is 1. The molecule has 3 aliphatic heterocycles. The topological polar surface area (TPSA) is 87.1 Å². The zero-order valence-electron chi connectivity index (χ0n) is 20.3. The number of carbonyl (C=O) groups excluding carboxylic acids is 3. The van der Waals surface area contributed by atoms with E-state index in [0.717, 1.165) is 6.42 Å². The molecular weight excluding hydrogens is 440 g/mol. The van der Waals surface area contributed by atoms with Gasteiger partial charge in [-0.2, -0.15) is 0 Å². The highest BCUT2D eigenvalue weighted by molar-refractivity contribution is 8.02. The molecule has 3 aliphatic rings. The summed E-state index contributed by atoms with van der Waals surface area (Å²) >= 11 is 1.62. The van der Waals surface area contributed by atoms with Crippen molar-refractivity contribution in [2.45, 2.75) is 81.0 Å². The highest BCUT2D eigenvalue weighted by Crippen LogP contribution is 2.67. The molecule has 2 unspecified atom stereocenters. The third-order valence-electron chi connectivity index (χ3n) is 7.27. The van der Waals surface area contributed by atoms with Gasteiger partial charge in [0, 0.05) is 17.3 Å². The van der Waals surface area contributed by atoms with Crippen molar-refractivity contribution in [3.05, 3.63) is 25.3 Å². The van der Waals surface area contributed by atoms with Crippen molar-refractivity contribution in [2.24, 2.45) is 11.8 Å². The van der Waals surface area contributed by atoms with Gasteiger partial charge in [0.2, 0.25) is 11.8 Å². The molecule has 0 aromatic heterocycles. The van der Waals surface area contributed by atoms with E-state index in [1.54, 1.807) is 33.7 Å². The number of aliphatic hydroxyl groups excluding tert-OH is 1. The van der Waals surface area contributed by atoms with Crippen LogP contribution in [-0.2, 0) is 19.1 Å². The van der Waals surface area contributed by atoms with Gasteiger partial charge in [-0.15, -0.1) is 24.9 Å².